The molecule has 2 aromatic rings. The van der Waals surface area contributed by atoms with Crippen LogP contribution < -0.4 is 5.19 Å². The molecule has 0 saturated carbocycles. The van der Waals surface area contributed by atoms with Crippen molar-refractivity contribution in [2.24, 2.45) is 0 Å². The molecular weight excluding hydrogens is 280 g/mol. The van der Waals surface area contributed by atoms with Crippen LogP contribution in [0.15, 0.2) is 54.6 Å². The molecule has 0 unspecified atom stereocenters. The molecule has 0 nitrogen and oxygen atoms in total. The molecule has 2 heteroatoms. The Morgan fingerprint density at radius 2 is 1.15 bits per heavy atom. The van der Waals surface area contributed by atoms with Crippen molar-refractivity contribution < 1.29 is 0 Å². The van der Waals surface area contributed by atoms with Crippen LogP contribution >= 0.6 is 11.1 Å². The maximum absolute atomic E-state index is 7.07. The summed E-state index contributed by atoms with van der Waals surface area (Å²) in [6.45, 7) is 9.02. The third kappa shape index (κ3) is 2.84. The fourth-order valence-electron chi connectivity index (χ4n) is 2.88. The summed E-state index contributed by atoms with van der Waals surface area (Å²) in [5.41, 5.74) is 3.59. The summed E-state index contributed by atoms with van der Waals surface area (Å²) in [7, 11) is -1.93. The Hall–Kier alpha value is -1.05. The van der Waals surface area contributed by atoms with Crippen molar-refractivity contribution in [3.8, 4) is 11.1 Å². The van der Waals surface area contributed by atoms with Crippen molar-refractivity contribution in [2.45, 2.75) is 38.8 Å². The molecule has 0 aromatic heterocycles. The number of hydrogen-bond acceptors (Lipinski definition) is 0. The first-order valence-corrected chi connectivity index (χ1v) is 10.5. The van der Waals surface area contributed by atoms with E-state index >= 15 is 0 Å². The maximum Gasteiger partial charge on any atom is 0.191 e. The highest BCUT2D eigenvalue weighted by molar-refractivity contribution is 7.28. The molecule has 0 atom stereocenters. The van der Waals surface area contributed by atoms with Crippen LogP contribution in [0.25, 0.3) is 11.1 Å². The molecule has 2 aromatic carbocycles. The smallest absolute Gasteiger partial charge is 0.160 e. The molecule has 0 aliphatic carbocycles. The molecule has 106 valence electrons. The lowest BCUT2D eigenvalue weighted by molar-refractivity contribution is 0.940. The lowest BCUT2D eigenvalue weighted by atomic mass is 10.1. The standard InChI is InChI=1S/C18H23ClSi/c1-14(2)20(19,15(3)4)18-12-10-17(11-13-18)16-8-6-5-7-9-16/h5-15H,1-4H3. The molecule has 0 radical (unpaired) electrons. The van der Waals surface area contributed by atoms with E-state index in [0.717, 1.165) is 0 Å². The fourth-order valence-corrected chi connectivity index (χ4v) is 6.60. The first-order valence-electron chi connectivity index (χ1n) is 7.31. The van der Waals surface area contributed by atoms with Gasteiger partial charge in [-0.05, 0) is 27.4 Å². The average molecular weight is 303 g/mol. The molecule has 0 spiro atoms. The van der Waals surface area contributed by atoms with E-state index in [0.29, 0.717) is 11.1 Å². The van der Waals surface area contributed by atoms with E-state index in [4.69, 9.17) is 11.1 Å². The molecule has 0 saturated heterocycles. The molecule has 0 heterocycles. The molecule has 20 heavy (non-hydrogen) atoms. The molecule has 0 aliphatic heterocycles. The summed E-state index contributed by atoms with van der Waals surface area (Å²) in [6, 6.07) is 19.4. The highest BCUT2D eigenvalue weighted by Crippen LogP contribution is 2.35. The quantitative estimate of drug-likeness (QED) is 0.512. The average Bonchev–Trinajstić information content (AvgIpc) is 2.47. The number of halogens is 1. The van der Waals surface area contributed by atoms with E-state index in [1.165, 1.54) is 16.3 Å². The molecular formula is C18H23ClSi. The van der Waals surface area contributed by atoms with E-state index in [1.54, 1.807) is 0 Å². The highest BCUT2D eigenvalue weighted by Gasteiger charge is 2.40. The summed E-state index contributed by atoms with van der Waals surface area (Å²) < 4.78 is 0. The van der Waals surface area contributed by atoms with Crippen molar-refractivity contribution in [3.05, 3.63) is 54.6 Å². The molecule has 0 aliphatic rings. The zero-order valence-electron chi connectivity index (χ0n) is 12.7. The lowest BCUT2D eigenvalue weighted by Gasteiger charge is -2.33. The zero-order chi connectivity index (χ0) is 14.8. The van der Waals surface area contributed by atoms with E-state index in [1.807, 2.05) is 6.07 Å². The van der Waals surface area contributed by atoms with Crippen LogP contribution in [-0.4, -0.2) is 7.38 Å². The van der Waals surface area contributed by atoms with E-state index in [-0.39, 0.29) is 0 Å². The van der Waals surface area contributed by atoms with Crippen LogP contribution in [0.3, 0.4) is 0 Å². The van der Waals surface area contributed by atoms with E-state index < -0.39 is 7.38 Å². The predicted octanol–water partition coefficient (Wildman–Crippen LogP) is 5.56. The largest absolute Gasteiger partial charge is 0.191 e. The van der Waals surface area contributed by atoms with Gasteiger partial charge in [0.1, 0.15) is 0 Å². The minimum absolute atomic E-state index is 0.534. The Labute approximate surface area is 128 Å². The first kappa shape index (κ1) is 15.3. The fraction of sp³-hybridized carbons (Fsp3) is 0.333. The second kappa shape index (κ2) is 6.15. The van der Waals surface area contributed by atoms with Crippen LogP contribution in [0.5, 0.6) is 0 Å². The summed E-state index contributed by atoms with van der Waals surface area (Å²) in [5, 5.41) is 1.35. The van der Waals surface area contributed by atoms with Gasteiger partial charge in [0.25, 0.3) is 0 Å². The van der Waals surface area contributed by atoms with Crippen molar-refractivity contribution >= 4 is 23.6 Å². The van der Waals surface area contributed by atoms with Gasteiger partial charge >= 0.3 is 0 Å². The van der Waals surface area contributed by atoms with Gasteiger partial charge < -0.3 is 0 Å². The van der Waals surface area contributed by atoms with Crippen molar-refractivity contribution in [1.82, 2.24) is 0 Å². The summed E-state index contributed by atoms with van der Waals surface area (Å²) in [5.74, 6) is 0. The molecule has 0 N–H and O–H groups in total. The Morgan fingerprint density at radius 3 is 1.60 bits per heavy atom. The van der Waals surface area contributed by atoms with Crippen LogP contribution in [-0.2, 0) is 0 Å². The van der Waals surface area contributed by atoms with Gasteiger partial charge in [0.2, 0.25) is 0 Å². The van der Waals surface area contributed by atoms with Gasteiger partial charge in [-0.3, -0.25) is 0 Å². The van der Waals surface area contributed by atoms with Crippen molar-refractivity contribution in [2.75, 3.05) is 0 Å². The Morgan fingerprint density at radius 1 is 0.700 bits per heavy atom. The number of hydrogen-bond donors (Lipinski definition) is 0. The number of benzene rings is 2. The highest BCUT2D eigenvalue weighted by atomic mass is 35.6. The maximum atomic E-state index is 7.07. The second-order valence-corrected chi connectivity index (χ2v) is 12.3. The Balaban J connectivity index is 2.37. The van der Waals surface area contributed by atoms with Gasteiger partial charge in [0.15, 0.2) is 7.38 Å². The SMILES string of the molecule is CC(C)[Si](Cl)(c1ccc(-c2ccccc2)cc1)C(C)C. The van der Waals surface area contributed by atoms with Crippen molar-refractivity contribution in [1.29, 1.82) is 0 Å². The second-order valence-electron chi connectivity index (χ2n) is 6.02. The van der Waals surface area contributed by atoms with Gasteiger partial charge in [-0.1, -0.05) is 82.3 Å². The first-order chi connectivity index (χ1) is 9.46. The molecule has 0 fully saturated rings. The zero-order valence-corrected chi connectivity index (χ0v) is 14.5. The summed E-state index contributed by atoms with van der Waals surface area (Å²) >= 11 is 7.07. The van der Waals surface area contributed by atoms with Crippen LogP contribution in [0.1, 0.15) is 27.7 Å². The van der Waals surface area contributed by atoms with Gasteiger partial charge in [-0.25, -0.2) is 0 Å². The third-order valence-corrected chi connectivity index (χ3v) is 12.0. The van der Waals surface area contributed by atoms with Gasteiger partial charge in [-0.2, -0.15) is 11.1 Å². The van der Waals surface area contributed by atoms with Gasteiger partial charge in [-0.15, -0.1) is 0 Å². The van der Waals surface area contributed by atoms with Gasteiger partial charge in [0, 0.05) is 0 Å². The monoisotopic (exact) mass is 302 g/mol. The minimum atomic E-state index is -1.93. The minimum Gasteiger partial charge on any atom is -0.160 e. The van der Waals surface area contributed by atoms with E-state index in [9.17, 15) is 0 Å². The van der Waals surface area contributed by atoms with Crippen LogP contribution in [0.4, 0.5) is 0 Å². The topological polar surface area (TPSA) is 0 Å². The third-order valence-electron chi connectivity index (χ3n) is 4.11. The number of rotatable bonds is 4. The summed E-state index contributed by atoms with van der Waals surface area (Å²) in [6.07, 6.45) is 0. The van der Waals surface area contributed by atoms with Crippen molar-refractivity contribution in [3.63, 3.8) is 0 Å². The molecule has 2 rings (SSSR count). The lowest BCUT2D eigenvalue weighted by Crippen LogP contribution is -2.47. The normalized spacial score (nSPS) is 12.2. The Bertz CT molecular complexity index is 535. The molecule has 0 bridgehead atoms. The predicted molar refractivity (Wildman–Crippen MR) is 93.3 cm³/mol. The van der Waals surface area contributed by atoms with Crippen LogP contribution in [0.2, 0.25) is 11.1 Å². The Kier molecular flexibility index (Phi) is 4.72. The van der Waals surface area contributed by atoms with Gasteiger partial charge in [0.05, 0.1) is 0 Å². The summed E-state index contributed by atoms with van der Waals surface area (Å²) in [4.78, 5) is 0. The van der Waals surface area contributed by atoms with Crippen LogP contribution in [0, 0.1) is 0 Å². The molecule has 0 amide bonds. The van der Waals surface area contributed by atoms with E-state index in [2.05, 4.69) is 76.2 Å².